The molecule has 2 aromatic heterocycles. The third kappa shape index (κ3) is 6.25. The molecule has 1 aliphatic carbocycles. The molecule has 3 aliphatic rings. The van der Waals surface area contributed by atoms with E-state index in [2.05, 4.69) is 32.3 Å². The molecule has 2 N–H and O–H groups in total. The zero-order valence-electron chi connectivity index (χ0n) is 21.2. The Balaban J connectivity index is 1.18. The molecule has 194 valence electrons. The number of carbonyl (C=O) groups excluding carboxylic acids is 1. The van der Waals surface area contributed by atoms with Gasteiger partial charge in [-0.15, -0.1) is 11.3 Å². The molecule has 0 radical (unpaired) electrons. The molecule has 1 amide bonds. The normalized spacial score (nSPS) is 18.8. The van der Waals surface area contributed by atoms with Crippen molar-refractivity contribution in [3.05, 3.63) is 41.4 Å². The largest absolute Gasteiger partial charge is 0.356 e. The number of aromatic nitrogens is 3. The van der Waals surface area contributed by atoms with Gasteiger partial charge in [-0.05, 0) is 94.6 Å². The molecule has 10 heteroatoms. The zero-order valence-corrected chi connectivity index (χ0v) is 22.8. The summed E-state index contributed by atoms with van der Waals surface area (Å²) >= 11 is 3.15. The maximum absolute atomic E-state index is 12.1. The lowest BCUT2D eigenvalue weighted by Gasteiger charge is -2.37. The lowest BCUT2D eigenvalue weighted by atomic mass is 10.0. The number of hydrogen-bond acceptors (Lipinski definition) is 9. The number of rotatable bonds is 8. The van der Waals surface area contributed by atoms with E-state index in [4.69, 9.17) is 9.97 Å². The highest BCUT2D eigenvalue weighted by Crippen LogP contribution is 2.33. The number of nitrogens with one attached hydrogen (secondary N) is 2. The predicted octanol–water partition coefficient (Wildman–Crippen LogP) is 5.55. The molecule has 0 atom stereocenters. The van der Waals surface area contributed by atoms with Crippen LogP contribution in [0.3, 0.4) is 0 Å². The topological polar surface area (TPSA) is 86.3 Å². The van der Waals surface area contributed by atoms with Gasteiger partial charge in [0.15, 0.2) is 10.3 Å². The lowest BCUT2D eigenvalue weighted by Crippen LogP contribution is -2.44. The second-order valence-corrected chi connectivity index (χ2v) is 12.4. The Kier molecular flexibility index (Phi) is 7.30. The van der Waals surface area contributed by atoms with Gasteiger partial charge in [0.25, 0.3) is 0 Å². The van der Waals surface area contributed by atoms with Crippen LogP contribution in [0.5, 0.6) is 0 Å². The SMILES string of the molecule is Cc1cnc(Nc2cc(N3CCC(N4CCCC4)CC3)nc(Sc3ccc(NC(=O)C4CC4)cc3)n2)s1. The van der Waals surface area contributed by atoms with Crippen LogP contribution in [-0.2, 0) is 4.79 Å². The molecule has 8 nitrogen and oxygen atoms in total. The third-order valence-electron chi connectivity index (χ3n) is 7.27. The average Bonchev–Trinajstić information content (AvgIpc) is 3.47. The number of piperidine rings is 1. The molecule has 37 heavy (non-hydrogen) atoms. The van der Waals surface area contributed by atoms with Crippen molar-refractivity contribution in [2.75, 3.05) is 41.7 Å². The van der Waals surface area contributed by atoms with Crippen LogP contribution < -0.4 is 15.5 Å². The summed E-state index contributed by atoms with van der Waals surface area (Å²) in [4.78, 5) is 33.6. The minimum atomic E-state index is 0.123. The van der Waals surface area contributed by atoms with Crippen LogP contribution in [0.1, 0.15) is 43.4 Å². The summed E-state index contributed by atoms with van der Waals surface area (Å²) in [5.74, 6) is 2.04. The standard InChI is InChI=1S/C27H33N7OS2/c1-18-17-28-26(36-18)30-23-16-24(34-14-10-21(11-15-34)33-12-2-3-13-33)32-27(31-23)37-22-8-6-20(7-9-22)29-25(35)19-4-5-19/h6-9,16-17,19,21H,2-5,10-15H2,1H3,(H,29,35)(H,28,30,31,32). The third-order valence-corrected chi connectivity index (χ3v) is 8.97. The van der Waals surface area contributed by atoms with Crippen molar-refractivity contribution in [3.8, 4) is 0 Å². The van der Waals surface area contributed by atoms with Gasteiger partial charge in [0, 0.05) is 52.8 Å². The Hall–Kier alpha value is -2.69. The van der Waals surface area contributed by atoms with E-state index in [9.17, 15) is 4.79 Å². The molecule has 1 saturated carbocycles. The van der Waals surface area contributed by atoms with Crippen molar-refractivity contribution in [2.45, 2.75) is 61.5 Å². The monoisotopic (exact) mass is 535 g/mol. The Bertz CT molecular complexity index is 1230. The van der Waals surface area contributed by atoms with E-state index >= 15 is 0 Å². The van der Waals surface area contributed by atoms with Crippen LogP contribution in [0.4, 0.5) is 22.5 Å². The number of thiazole rings is 1. The number of benzene rings is 1. The first-order chi connectivity index (χ1) is 18.1. The number of amides is 1. The summed E-state index contributed by atoms with van der Waals surface area (Å²) in [6.07, 6.45) is 8.90. The first-order valence-corrected chi connectivity index (χ1v) is 14.9. The molecule has 0 unspecified atom stereocenters. The van der Waals surface area contributed by atoms with Crippen molar-refractivity contribution in [1.82, 2.24) is 19.9 Å². The zero-order chi connectivity index (χ0) is 25.2. The van der Waals surface area contributed by atoms with Crippen molar-refractivity contribution in [1.29, 1.82) is 0 Å². The average molecular weight is 536 g/mol. The fourth-order valence-corrected chi connectivity index (χ4v) is 6.51. The molecule has 2 aliphatic heterocycles. The Labute approximate surface area is 226 Å². The van der Waals surface area contributed by atoms with E-state index in [0.717, 1.165) is 58.2 Å². The quantitative estimate of drug-likeness (QED) is 0.363. The first kappa shape index (κ1) is 24.6. The van der Waals surface area contributed by atoms with E-state index in [1.165, 1.54) is 50.5 Å². The smallest absolute Gasteiger partial charge is 0.227 e. The first-order valence-electron chi connectivity index (χ1n) is 13.3. The minimum Gasteiger partial charge on any atom is -0.356 e. The van der Waals surface area contributed by atoms with Crippen LogP contribution >= 0.6 is 23.1 Å². The molecule has 2 saturated heterocycles. The minimum absolute atomic E-state index is 0.123. The summed E-state index contributed by atoms with van der Waals surface area (Å²) in [7, 11) is 0. The van der Waals surface area contributed by atoms with Crippen molar-refractivity contribution in [2.24, 2.45) is 5.92 Å². The Morgan fingerprint density at radius 2 is 1.78 bits per heavy atom. The molecular formula is C27H33N7OS2. The summed E-state index contributed by atoms with van der Waals surface area (Å²) in [5.41, 5.74) is 0.832. The van der Waals surface area contributed by atoms with Crippen LogP contribution in [0.2, 0.25) is 0 Å². The number of aryl methyl sites for hydroxylation is 1. The van der Waals surface area contributed by atoms with Crippen LogP contribution in [0, 0.1) is 12.8 Å². The maximum Gasteiger partial charge on any atom is 0.227 e. The number of likely N-dealkylation sites (tertiary alicyclic amines) is 1. The molecule has 0 bridgehead atoms. The second-order valence-electron chi connectivity index (χ2n) is 10.1. The van der Waals surface area contributed by atoms with Crippen molar-refractivity contribution in [3.63, 3.8) is 0 Å². The molecule has 3 fully saturated rings. The molecule has 0 spiro atoms. The van der Waals surface area contributed by atoms with Crippen LogP contribution in [0.15, 0.2) is 46.6 Å². The summed E-state index contributed by atoms with van der Waals surface area (Å²) in [5, 5.41) is 7.93. The van der Waals surface area contributed by atoms with Gasteiger partial charge in [-0.2, -0.15) is 0 Å². The van der Waals surface area contributed by atoms with E-state index in [1.807, 2.05) is 36.5 Å². The van der Waals surface area contributed by atoms with Crippen LogP contribution in [0.25, 0.3) is 0 Å². The molecule has 3 aromatic rings. The van der Waals surface area contributed by atoms with Gasteiger partial charge in [0.05, 0.1) is 0 Å². The summed E-state index contributed by atoms with van der Waals surface area (Å²) < 4.78 is 0. The highest BCUT2D eigenvalue weighted by Gasteiger charge is 2.30. The van der Waals surface area contributed by atoms with Crippen molar-refractivity contribution < 1.29 is 4.79 Å². The predicted molar refractivity (Wildman–Crippen MR) is 150 cm³/mol. The van der Waals surface area contributed by atoms with Gasteiger partial charge >= 0.3 is 0 Å². The maximum atomic E-state index is 12.1. The number of hydrogen-bond donors (Lipinski definition) is 2. The second kappa shape index (κ2) is 11.0. The van der Waals surface area contributed by atoms with Gasteiger partial charge in [-0.3, -0.25) is 4.79 Å². The fraction of sp³-hybridized carbons (Fsp3) is 0.481. The summed E-state index contributed by atoms with van der Waals surface area (Å²) in [6, 6.07) is 10.7. The molecule has 1 aromatic carbocycles. The van der Waals surface area contributed by atoms with Crippen molar-refractivity contribution >= 4 is 51.5 Å². The Morgan fingerprint density at radius 3 is 2.46 bits per heavy atom. The van der Waals surface area contributed by atoms with Gasteiger partial charge in [0.2, 0.25) is 5.91 Å². The number of carbonyl (C=O) groups is 1. The van der Waals surface area contributed by atoms with Gasteiger partial charge in [-0.1, -0.05) is 0 Å². The highest BCUT2D eigenvalue weighted by molar-refractivity contribution is 7.99. The molecular weight excluding hydrogens is 502 g/mol. The van der Waals surface area contributed by atoms with E-state index in [1.54, 1.807) is 11.3 Å². The molecule has 4 heterocycles. The number of nitrogens with zero attached hydrogens (tertiary/aromatic N) is 5. The van der Waals surface area contributed by atoms with Gasteiger partial charge < -0.3 is 20.4 Å². The van der Waals surface area contributed by atoms with Crippen LogP contribution in [-0.4, -0.2) is 58.0 Å². The fourth-order valence-electron chi connectivity index (χ4n) is 5.08. The van der Waals surface area contributed by atoms with Gasteiger partial charge in [0.1, 0.15) is 11.6 Å². The number of anilines is 4. The Morgan fingerprint density at radius 1 is 1.03 bits per heavy atom. The summed E-state index contributed by atoms with van der Waals surface area (Å²) in [6.45, 7) is 6.57. The van der Waals surface area contributed by atoms with E-state index in [0.29, 0.717) is 11.2 Å². The van der Waals surface area contributed by atoms with E-state index < -0.39 is 0 Å². The van der Waals surface area contributed by atoms with E-state index in [-0.39, 0.29) is 11.8 Å². The van der Waals surface area contributed by atoms with Gasteiger partial charge in [-0.25, -0.2) is 15.0 Å². The highest BCUT2D eigenvalue weighted by atomic mass is 32.2. The lowest BCUT2D eigenvalue weighted by molar-refractivity contribution is -0.117. The molecule has 6 rings (SSSR count).